The topological polar surface area (TPSA) is 46.1 Å². The molecule has 0 spiro atoms. The minimum Gasteiger partial charge on any atom is -0.375 e. The summed E-state index contributed by atoms with van der Waals surface area (Å²) in [7, 11) is 1.87. The SMILES string of the molecule is CN=C(NCC1Cc2ccccc21)N1CCOC(C2CCCO2)C1. The zero-order valence-corrected chi connectivity index (χ0v) is 14.4. The van der Waals surface area contributed by atoms with Crippen LogP contribution in [0.4, 0.5) is 0 Å². The highest BCUT2D eigenvalue weighted by molar-refractivity contribution is 5.80. The maximum atomic E-state index is 5.94. The van der Waals surface area contributed by atoms with Gasteiger partial charge in [0.25, 0.3) is 0 Å². The third-order valence-corrected chi connectivity index (χ3v) is 5.45. The fraction of sp³-hybridized carbons (Fsp3) is 0.632. The van der Waals surface area contributed by atoms with Gasteiger partial charge in [0.2, 0.25) is 0 Å². The number of ether oxygens (including phenoxy) is 2. The Morgan fingerprint density at radius 3 is 2.92 bits per heavy atom. The van der Waals surface area contributed by atoms with Gasteiger partial charge in [-0.2, -0.15) is 0 Å². The fourth-order valence-electron chi connectivity index (χ4n) is 4.08. The Labute approximate surface area is 144 Å². The smallest absolute Gasteiger partial charge is 0.193 e. The first kappa shape index (κ1) is 15.9. The van der Waals surface area contributed by atoms with E-state index < -0.39 is 0 Å². The summed E-state index contributed by atoms with van der Waals surface area (Å²) in [5.41, 5.74) is 2.98. The molecule has 2 heterocycles. The van der Waals surface area contributed by atoms with Crippen LogP contribution in [0.15, 0.2) is 29.3 Å². The molecular weight excluding hydrogens is 302 g/mol. The molecule has 0 amide bonds. The second-order valence-electron chi connectivity index (χ2n) is 6.93. The zero-order chi connectivity index (χ0) is 16.4. The van der Waals surface area contributed by atoms with Crippen molar-refractivity contribution in [1.29, 1.82) is 0 Å². The van der Waals surface area contributed by atoms with Crippen molar-refractivity contribution in [3.63, 3.8) is 0 Å². The van der Waals surface area contributed by atoms with Crippen LogP contribution >= 0.6 is 0 Å². The van der Waals surface area contributed by atoms with E-state index in [4.69, 9.17) is 9.47 Å². The number of fused-ring (bicyclic) bond motifs is 1. The summed E-state index contributed by atoms with van der Waals surface area (Å²) in [6, 6.07) is 8.74. The number of benzene rings is 1. The molecule has 3 unspecified atom stereocenters. The fourth-order valence-corrected chi connectivity index (χ4v) is 4.08. The van der Waals surface area contributed by atoms with Crippen molar-refractivity contribution < 1.29 is 9.47 Å². The third kappa shape index (κ3) is 3.15. The number of nitrogens with zero attached hydrogens (tertiary/aromatic N) is 2. The normalized spacial score (nSPS) is 30.0. The van der Waals surface area contributed by atoms with E-state index in [2.05, 4.69) is 39.5 Å². The second kappa shape index (κ2) is 7.11. The number of hydrogen-bond acceptors (Lipinski definition) is 3. The van der Waals surface area contributed by atoms with Gasteiger partial charge in [-0.15, -0.1) is 0 Å². The number of nitrogens with one attached hydrogen (secondary N) is 1. The first-order valence-electron chi connectivity index (χ1n) is 9.12. The lowest BCUT2D eigenvalue weighted by atomic mass is 9.78. The van der Waals surface area contributed by atoms with Gasteiger partial charge in [0.1, 0.15) is 6.10 Å². The number of rotatable bonds is 3. The molecule has 1 aliphatic carbocycles. The van der Waals surface area contributed by atoms with Crippen LogP contribution in [0.1, 0.15) is 29.9 Å². The van der Waals surface area contributed by atoms with Gasteiger partial charge in [-0.05, 0) is 30.4 Å². The molecule has 0 saturated carbocycles. The Hall–Kier alpha value is -1.59. The molecule has 0 radical (unpaired) electrons. The van der Waals surface area contributed by atoms with Crippen LogP contribution in [0, 0.1) is 0 Å². The Bertz CT molecular complexity index is 598. The molecule has 130 valence electrons. The van der Waals surface area contributed by atoms with Crippen molar-refractivity contribution >= 4 is 5.96 Å². The van der Waals surface area contributed by atoms with Gasteiger partial charge in [-0.1, -0.05) is 24.3 Å². The number of hydrogen-bond donors (Lipinski definition) is 1. The number of guanidine groups is 1. The van der Waals surface area contributed by atoms with Crippen molar-refractivity contribution in [3.05, 3.63) is 35.4 Å². The van der Waals surface area contributed by atoms with Crippen molar-refractivity contribution in [2.24, 2.45) is 4.99 Å². The van der Waals surface area contributed by atoms with E-state index in [0.717, 1.165) is 51.6 Å². The Balaban J connectivity index is 1.32. The summed E-state index contributed by atoms with van der Waals surface area (Å²) in [5.74, 6) is 1.60. The van der Waals surface area contributed by atoms with E-state index in [1.807, 2.05) is 7.05 Å². The lowest BCUT2D eigenvalue weighted by Gasteiger charge is -2.38. The minimum absolute atomic E-state index is 0.171. The van der Waals surface area contributed by atoms with Crippen molar-refractivity contribution in [2.45, 2.75) is 37.4 Å². The van der Waals surface area contributed by atoms with Crippen LogP contribution in [0.2, 0.25) is 0 Å². The van der Waals surface area contributed by atoms with Crippen LogP contribution in [0.25, 0.3) is 0 Å². The number of morpholine rings is 1. The highest BCUT2D eigenvalue weighted by Crippen LogP contribution is 2.34. The Kier molecular flexibility index (Phi) is 4.72. The molecule has 1 aromatic rings. The highest BCUT2D eigenvalue weighted by atomic mass is 16.5. The summed E-state index contributed by atoms with van der Waals surface area (Å²) in [5, 5.41) is 3.57. The molecule has 2 fully saturated rings. The standard InChI is InChI=1S/C19H27N3O2/c1-20-19(21-12-15-11-14-5-2-3-6-16(14)15)22-8-10-24-18(13-22)17-7-4-9-23-17/h2-3,5-6,15,17-18H,4,7-13H2,1H3,(H,20,21). The average molecular weight is 329 g/mol. The van der Waals surface area contributed by atoms with Crippen LogP contribution in [-0.4, -0.2) is 63.0 Å². The van der Waals surface area contributed by atoms with Crippen LogP contribution in [0.5, 0.6) is 0 Å². The van der Waals surface area contributed by atoms with E-state index in [-0.39, 0.29) is 12.2 Å². The molecule has 1 aromatic carbocycles. The first-order chi connectivity index (χ1) is 11.8. The van der Waals surface area contributed by atoms with E-state index in [0.29, 0.717) is 5.92 Å². The first-order valence-corrected chi connectivity index (χ1v) is 9.12. The van der Waals surface area contributed by atoms with Crippen molar-refractivity contribution in [3.8, 4) is 0 Å². The molecule has 0 bridgehead atoms. The molecule has 1 N–H and O–H groups in total. The quantitative estimate of drug-likeness (QED) is 0.678. The predicted molar refractivity (Wildman–Crippen MR) is 94.5 cm³/mol. The predicted octanol–water partition coefficient (Wildman–Crippen LogP) is 1.78. The Morgan fingerprint density at radius 1 is 1.25 bits per heavy atom. The molecular formula is C19H27N3O2. The van der Waals surface area contributed by atoms with Gasteiger partial charge in [0.15, 0.2) is 5.96 Å². The summed E-state index contributed by atoms with van der Waals surface area (Å²) >= 11 is 0. The molecule has 3 aliphatic rings. The summed E-state index contributed by atoms with van der Waals surface area (Å²) in [6.45, 7) is 4.33. The van der Waals surface area contributed by atoms with Crippen molar-refractivity contribution in [1.82, 2.24) is 10.2 Å². The van der Waals surface area contributed by atoms with Crippen LogP contribution < -0.4 is 5.32 Å². The third-order valence-electron chi connectivity index (χ3n) is 5.45. The maximum Gasteiger partial charge on any atom is 0.193 e. The summed E-state index contributed by atoms with van der Waals surface area (Å²) < 4.78 is 11.7. The maximum absolute atomic E-state index is 5.94. The van der Waals surface area contributed by atoms with Gasteiger partial charge in [-0.3, -0.25) is 4.99 Å². The molecule has 2 aliphatic heterocycles. The van der Waals surface area contributed by atoms with Crippen LogP contribution in [0.3, 0.4) is 0 Å². The second-order valence-corrected chi connectivity index (χ2v) is 6.93. The molecule has 2 saturated heterocycles. The van der Waals surface area contributed by atoms with Crippen LogP contribution in [-0.2, 0) is 15.9 Å². The van der Waals surface area contributed by atoms with Gasteiger partial charge >= 0.3 is 0 Å². The minimum atomic E-state index is 0.171. The molecule has 5 nitrogen and oxygen atoms in total. The highest BCUT2D eigenvalue weighted by Gasteiger charge is 2.32. The summed E-state index contributed by atoms with van der Waals surface area (Å²) in [6.07, 6.45) is 3.86. The van der Waals surface area contributed by atoms with E-state index >= 15 is 0 Å². The molecule has 0 aromatic heterocycles. The van der Waals surface area contributed by atoms with E-state index in [1.165, 1.54) is 17.5 Å². The molecule has 24 heavy (non-hydrogen) atoms. The van der Waals surface area contributed by atoms with Gasteiger partial charge < -0.3 is 19.7 Å². The summed E-state index contributed by atoms with van der Waals surface area (Å²) in [4.78, 5) is 6.81. The van der Waals surface area contributed by atoms with Gasteiger partial charge in [0, 0.05) is 39.2 Å². The van der Waals surface area contributed by atoms with Gasteiger partial charge in [-0.25, -0.2) is 0 Å². The monoisotopic (exact) mass is 329 g/mol. The largest absolute Gasteiger partial charge is 0.375 e. The number of aliphatic imine (C=N–C) groups is 1. The van der Waals surface area contributed by atoms with E-state index in [1.54, 1.807) is 0 Å². The average Bonchev–Trinajstić information content (AvgIpc) is 3.14. The van der Waals surface area contributed by atoms with E-state index in [9.17, 15) is 0 Å². The zero-order valence-electron chi connectivity index (χ0n) is 14.4. The molecule has 3 atom stereocenters. The molecule has 5 heteroatoms. The van der Waals surface area contributed by atoms with Crippen molar-refractivity contribution in [2.75, 3.05) is 39.9 Å². The molecule has 4 rings (SSSR count). The Morgan fingerprint density at radius 2 is 2.12 bits per heavy atom. The lowest BCUT2D eigenvalue weighted by Crippen LogP contribution is -2.54. The lowest BCUT2D eigenvalue weighted by molar-refractivity contribution is -0.0817. The van der Waals surface area contributed by atoms with Gasteiger partial charge in [0.05, 0.1) is 12.7 Å².